The van der Waals surface area contributed by atoms with E-state index in [1.165, 1.54) is 10.5 Å². The van der Waals surface area contributed by atoms with Gasteiger partial charge in [0.15, 0.2) is 5.79 Å². The second-order valence-corrected chi connectivity index (χ2v) is 6.74. The second-order valence-electron chi connectivity index (χ2n) is 5.70. The quantitative estimate of drug-likeness (QED) is 0.774. The van der Waals surface area contributed by atoms with Crippen LogP contribution in [0.3, 0.4) is 0 Å². The molecule has 2 unspecified atom stereocenters. The molecule has 1 saturated heterocycles. The number of hydrogen-bond acceptors (Lipinski definition) is 3. The van der Waals surface area contributed by atoms with Gasteiger partial charge >= 0.3 is 0 Å². The molecule has 0 radical (unpaired) electrons. The lowest BCUT2D eigenvalue weighted by Gasteiger charge is -2.19. The first-order chi connectivity index (χ1) is 9.55. The summed E-state index contributed by atoms with van der Waals surface area (Å²) < 4.78 is 11.9. The molecule has 20 heavy (non-hydrogen) atoms. The maximum atomic E-state index is 6.00. The van der Waals surface area contributed by atoms with E-state index < -0.39 is 5.79 Å². The molecule has 1 fully saturated rings. The van der Waals surface area contributed by atoms with E-state index in [2.05, 4.69) is 36.9 Å². The van der Waals surface area contributed by atoms with E-state index in [1.807, 2.05) is 31.7 Å². The predicted octanol–water partition coefficient (Wildman–Crippen LogP) is 4.19. The molecule has 2 nitrogen and oxygen atoms in total. The third-order valence-corrected chi connectivity index (χ3v) is 4.72. The van der Waals surface area contributed by atoms with Crippen LogP contribution in [0.1, 0.15) is 20.3 Å². The van der Waals surface area contributed by atoms with Crippen LogP contribution >= 0.6 is 11.8 Å². The largest absolute Gasteiger partial charge is 0.344 e. The number of thioether (sulfide) groups is 1. The summed E-state index contributed by atoms with van der Waals surface area (Å²) in [7, 11) is 0. The summed E-state index contributed by atoms with van der Waals surface area (Å²) in [6, 6.07) is 10.4. The Morgan fingerprint density at radius 3 is 2.80 bits per heavy atom. The fourth-order valence-electron chi connectivity index (χ4n) is 2.75. The third-order valence-electron chi connectivity index (χ3n) is 3.62. The van der Waals surface area contributed by atoms with Gasteiger partial charge in [0.25, 0.3) is 0 Å². The Morgan fingerprint density at radius 1 is 1.30 bits per heavy atom. The Labute approximate surface area is 124 Å². The number of rotatable bonds is 4. The summed E-state index contributed by atoms with van der Waals surface area (Å²) in [5.41, 5.74) is 2.37. The van der Waals surface area contributed by atoms with E-state index in [0.29, 0.717) is 0 Å². The van der Waals surface area contributed by atoms with Gasteiger partial charge < -0.3 is 9.47 Å². The lowest BCUT2D eigenvalue weighted by molar-refractivity contribution is -0.144. The molecule has 0 aromatic heterocycles. The Morgan fingerprint density at radius 2 is 2.05 bits per heavy atom. The second kappa shape index (κ2) is 5.40. The fraction of sp³-hybridized carbons (Fsp3) is 0.412. The van der Waals surface area contributed by atoms with E-state index in [-0.39, 0.29) is 12.2 Å². The SMILES string of the molecule is C=C(CSc1ccccc1)C1=CCC2OC(C)(C)OC12. The van der Waals surface area contributed by atoms with Crippen LogP contribution in [-0.4, -0.2) is 23.7 Å². The van der Waals surface area contributed by atoms with Crippen LogP contribution < -0.4 is 0 Å². The highest BCUT2D eigenvalue weighted by molar-refractivity contribution is 7.99. The van der Waals surface area contributed by atoms with Crippen LogP contribution in [0.4, 0.5) is 0 Å². The van der Waals surface area contributed by atoms with Crippen molar-refractivity contribution >= 4 is 11.8 Å². The van der Waals surface area contributed by atoms with Crippen LogP contribution in [0.15, 0.2) is 59.0 Å². The highest BCUT2D eigenvalue weighted by Gasteiger charge is 2.45. The van der Waals surface area contributed by atoms with Crippen molar-refractivity contribution in [2.24, 2.45) is 0 Å². The first-order valence-electron chi connectivity index (χ1n) is 6.97. The molecular formula is C17H20O2S. The fourth-order valence-corrected chi connectivity index (χ4v) is 3.60. The molecule has 1 aliphatic carbocycles. The van der Waals surface area contributed by atoms with E-state index in [4.69, 9.17) is 9.47 Å². The van der Waals surface area contributed by atoms with Gasteiger partial charge in [0.05, 0.1) is 6.10 Å². The number of benzene rings is 1. The molecule has 3 heteroatoms. The zero-order chi connectivity index (χ0) is 14.2. The molecule has 0 spiro atoms. The number of ether oxygens (including phenoxy) is 2. The summed E-state index contributed by atoms with van der Waals surface area (Å²) in [5.74, 6) is 0.421. The third kappa shape index (κ3) is 2.85. The monoisotopic (exact) mass is 288 g/mol. The van der Waals surface area contributed by atoms with E-state index >= 15 is 0 Å². The zero-order valence-electron chi connectivity index (χ0n) is 12.0. The van der Waals surface area contributed by atoms with Crippen molar-refractivity contribution in [3.05, 3.63) is 54.1 Å². The van der Waals surface area contributed by atoms with Gasteiger partial charge in [-0.15, -0.1) is 11.8 Å². The Bertz CT molecular complexity index is 533. The van der Waals surface area contributed by atoms with Crippen LogP contribution in [0.5, 0.6) is 0 Å². The lowest BCUT2D eigenvalue weighted by Crippen LogP contribution is -2.22. The average Bonchev–Trinajstić information content (AvgIpc) is 2.92. The van der Waals surface area contributed by atoms with Crippen molar-refractivity contribution < 1.29 is 9.47 Å². The highest BCUT2D eigenvalue weighted by Crippen LogP contribution is 2.41. The molecule has 106 valence electrons. The van der Waals surface area contributed by atoms with Gasteiger partial charge in [-0.25, -0.2) is 0 Å². The average molecular weight is 288 g/mol. The minimum Gasteiger partial charge on any atom is -0.344 e. The molecule has 1 aromatic rings. The normalized spacial score (nSPS) is 27.2. The van der Waals surface area contributed by atoms with Gasteiger partial charge in [-0.3, -0.25) is 0 Å². The van der Waals surface area contributed by atoms with Crippen molar-refractivity contribution in [3.8, 4) is 0 Å². The number of fused-ring (bicyclic) bond motifs is 1. The molecule has 2 atom stereocenters. The summed E-state index contributed by atoms with van der Waals surface area (Å²) in [6.45, 7) is 8.19. The molecule has 0 N–H and O–H groups in total. The van der Waals surface area contributed by atoms with Gasteiger partial charge in [-0.2, -0.15) is 0 Å². The van der Waals surface area contributed by atoms with Crippen LogP contribution in [0, 0.1) is 0 Å². The summed E-state index contributed by atoms with van der Waals surface area (Å²) in [5, 5.41) is 0. The standard InChI is InChI=1S/C17H20O2S/c1-12(11-20-13-7-5-4-6-8-13)14-9-10-15-16(14)19-17(2,3)18-15/h4-9,15-16H,1,10-11H2,2-3H3. The van der Waals surface area contributed by atoms with Gasteiger partial charge in [0.2, 0.25) is 0 Å². The maximum absolute atomic E-state index is 6.00. The first-order valence-corrected chi connectivity index (χ1v) is 7.95. The maximum Gasteiger partial charge on any atom is 0.164 e. The zero-order valence-corrected chi connectivity index (χ0v) is 12.8. The summed E-state index contributed by atoms with van der Waals surface area (Å²) in [4.78, 5) is 1.27. The predicted molar refractivity (Wildman–Crippen MR) is 82.8 cm³/mol. The van der Waals surface area contributed by atoms with E-state index in [1.54, 1.807) is 0 Å². The molecule has 0 saturated carbocycles. The molecule has 1 heterocycles. The van der Waals surface area contributed by atoms with Gasteiger partial charge in [-0.1, -0.05) is 30.9 Å². The van der Waals surface area contributed by atoms with Crippen LogP contribution in [0.2, 0.25) is 0 Å². The Kier molecular flexibility index (Phi) is 3.76. The molecule has 3 rings (SSSR count). The summed E-state index contributed by atoms with van der Waals surface area (Å²) in [6.07, 6.45) is 3.38. The highest BCUT2D eigenvalue weighted by atomic mass is 32.2. The van der Waals surface area contributed by atoms with Gasteiger partial charge in [0.1, 0.15) is 6.10 Å². The van der Waals surface area contributed by atoms with Crippen molar-refractivity contribution in [1.29, 1.82) is 0 Å². The Balaban J connectivity index is 1.61. The first kappa shape index (κ1) is 13.9. The molecule has 0 bridgehead atoms. The van der Waals surface area contributed by atoms with Crippen molar-refractivity contribution in [2.45, 2.75) is 43.2 Å². The topological polar surface area (TPSA) is 18.5 Å². The minimum atomic E-state index is -0.471. The van der Waals surface area contributed by atoms with Crippen molar-refractivity contribution in [3.63, 3.8) is 0 Å². The lowest BCUT2D eigenvalue weighted by atomic mass is 10.1. The van der Waals surface area contributed by atoms with Crippen molar-refractivity contribution in [1.82, 2.24) is 0 Å². The minimum absolute atomic E-state index is 0.0638. The molecule has 0 amide bonds. The molecular weight excluding hydrogens is 268 g/mol. The van der Waals surface area contributed by atoms with Crippen LogP contribution in [-0.2, 0) is 9.47 Å². The summed E-state index contributed by atoms with van der Waals surface area (Å²) >= 11 is 1.81. The number of hydrogen-bond donors (Lipinski definition) is 0. The van der Waals surface area contributed by atoms with Crippen LogP contribution in [0.25, 0.3) is 0 Å². The van der Waals surface area contributed by atoms with E-state index in [9.17, 15) is 0 Å². The van der Waals surface area contributed by atoms with Crippen molar-refractivity contribution in [2.75, 3.05) is 5.75 Å². The molecule has 1 aromatic carbocycles. The van der Waals surface area contributed by atoms with E-state index in [0.717, 1.165) is 17.7 Å². The van der Waals surface area contributed by atoms with Gasteiger partial charge in [-0.05, 0) is 43.5 Å². The molecule has 1 aliphatic heterocycles. The smallest absolute Gasteiger partial charge is 0.164 e. The molecule has 2 aliphatic rings. The van der Waals surface area contributed by atoms with Gasteiger partial charge in [0, 0.05) is 10.6 Å². The Hall–Kier alpha value is -1.03.